The molecule has 2 rings (SSSR count). The lowest BCUT2D eigenvalue weighted by Gasteiger charge is -2.05. The second kappa shape index (κ2) is 6.40. The number of nitrogens with zero attached hydrogens (tertiary/aromatic N) is 2. The van der Waals surface area contributed by atoms with Gasteiger partial charge < -0.3 is 10.2 Å². The highest BCUT2D eigenvalue weighted by atomic mass is 33.1. The van der Waals surface area contributed by atoms with Crippen molar-refractivity contribution < 1.29 is 19.8 Å². The molecule has 2 heterocycles. The van der Waals surface area contributed by atoms with Gasteiger partial charge in [-0.1, -0.05) is 0 Å². The topological polar surface area (TPSA) is 100 Å². The number of aromatic nitrogens is 2. The van der Waals surface area contributed by atoms with Crippen molar-refractivity contribution in [3.63, 3.8) is 0 Å². The molecule has 0 aliphatic rings. The number of pyridine rings is 2. The van der Waals surface area contributed by atoms with E-state index in [1.807, 2.05) is 0 Å². The number of hydrogen-bond acceptors (Lipinski definition) is 6. The third-order valence-corrected chi connectivity index (χ3v) is 4.60. The molecule has 0 bridgehead atoms. The summed E-state index contributed by atoms with van der Waals surface area (Å²) in [6, 6.07) is 6.48. The first-order valence-electron chi connectivity index (χ1n) is 5.30. The molecule has 0 aliphatic heterocycles. The van der Waals surface area contributed by atoms with Crippen LogP contribution in [0, 0.1) is 0 Å². The molecule has 8 heteroatoms. The molecule has 0 atom stereocenters. The SMILES string of the molecule is O=C(O)c1ncccc1SSc1cccnc1C(=O)O. The van der Waals surface area contributed by atoms with Gasteiger partial charge in [-0.3, -0.25) is 0 Å². The lowest BCUT2D eigenvalue weighted by molar-refractivity contribution is 0.0675. The van der Waals surface area contributed by atoms with E-state index >= 15 is 0 Å². The molecular weight excluding hydrogens is 300 g/mol. The molecule has 0 spiro atoms. The predicted octanol–water partition coefficient (Wildman–Crippen LogP) is 2.67. The fourth-order valence-electron chi connectivity index (χ4n) is 1.33. The number of aromatic carboxylic acids is 2. The van der Waals surface area contributed by atoms with Gasteiger partial charge in [0.05, 0.1) is 9.79 Å². The van der Waals surface area contributed by atoms with E-state index in [-0.39, 0.29) is 11.4 Å². The zero-order valence-electron chi connectivity index (χ0n) is 9.89. The van der Waals surface area contributed by atoms with Gasteiger partial charge in [-0.2, -0.15) is 0 Å². The number of hydrogen-bond donors (Lipinski definition) is 2. The molecule has 0 aliphatic carbocycles. The van der Waals surface area contributed by atoms with Crippen LogP contribution < -0.4 is 0 Å². The summed E-state index contributed by atoms with van der Waals surface area (Å²) < 4.78 is 0. The van der Waals surface area contributed by atoms with E-state index in [4.69, 9.17) is 10.2 Å². The van der Waals surface area contributed by atoms with Crippen LogP contribution in [0.2, 0.25) is 0 Å². The minimum atomic E-state index is -1.13. The van der Waals surface area contributed by atoms with E-state index in [1.165, 1.54) is 12.4 Å². The van der Waals surface area contributed by atoms with Crippen LogP contribution in [0.15, 0.2) is 46.5 Å². The molecule has 0 amide bonds. The van der Waals surface area contributed by atoms with Crippen LogP contribution >= 0.6 is 21.6 Å². The maximum atomic E-state index is 11.0. The number of carbonyl (C=O) groups is 2. The Morgan fingerprint density at radius 3 is 1.60 bits per heavy atom. The average molecular weight is 308 g/mol. The van der Waals surface area contributed by atoms with Gasteiger partial charge in [0.1, 0.15) is 0 Å². The Morgan fingerprint density at radius 2 is 1.25 bits per heavy atom. The van der Waals surface area contributed by atoms with Crippen molar-refractivity contribution in [2.24, 2.45) is 0 Å². The van der Waals surface area contributed by atoms with Crippen LogP contribution in [0.25, 0.3) is 0 Å². The largest absolute Gasteiger partial charge is 0.476 e. The zero-order chi connectivity index (χ0) is 14.5. The van der Waals surface area contributed by atoms with Crippen molar-refractivity contribution in [3.8, 4) is 0 Å². The molecule has 2 N–H and O–H groups in total. The summed E-state index contributed by atoms with van der Waals surface area (Å²) in [6.45, 7) is 0. The summed E-state index contributed by atoms with van der Waals surface area (Å²) >= 11 is 0. The van der Waals surface area contributed by atoms with E-state index in [1.54, 1.807) is 24.3 Å². The fourth-order valence-corrected chi connectivity index (χ4v) is 3.56. The van der Waals surface area contributed by atoms with Crippen molar-refractivity contribution in [1.29, 1.82) is 0 Å². The predicted molar refractivity (Wildman–Crippen MR) is 74.1 cm³/mol. The molecule has 2 aromatic heterocycles. The monoisotopic (exact) mass is 308 g/mol. The van der Waals surface area contributed by atoms with Crippen molar-refractivity contribution in [2.75, 3.05) is 0 Å². The maximum Gasteiger partial charge on any atom is 0.355 e. The van der Waals surface area contributed by atoms with Crippen molar-refractivity contribution in [3.05, 3.63) is 48.0 Å². The van der Waals surface area contributed by atoms with Gasteiger partial charge in [0.25, 0.3) is 0 Å². The summed E-state index contributed by atoms with van der Waals surface area (Å²) in [4.78, 5) is 30.5. The van der Waals surface area contributed by atoms with Gasteiger partial charge in [0.2, 0.25) is 0 Å². The minimum absolute atomic E-state index is 0.0641. The Balaban J connectivity index is 2.22. The molecule has 20 heavy (non-hydrogen) atoms. The van der Waals surface area contributed by atoms with Gasteiger partial charge in [-0.25, -0.2) is 19.6 Å². The number of carboxylic acid groups (broad SMARTS) is 2. The maximum absolute atomic E-state index is 11.0. The standard InChI is InChI=1S/C12H8N2O4S2/c15-11(16)9-7(3-1-5-13-9)19-20-8-4-2-6-14-10(8)12(17)18/h1-6H,(H,15,16)(H,17,18). The van der Waals surface area contributed by atoms with Gasteiger partial charge in [-0.15, -0.1) is 0 Å². The van der Waals surface area contributed by atoms with Crippen molar-refractivity contribution >= 4 is 33.5 Å². The van der Waals surface area contributed by atoms with E-state index in [0.717, 1.165) is 21.6 Å². The summed E-state index contributed by atoms with van der Waals surface area (Å²) in [5.41, 5.74) is -0.128. The molecule has 6 nitrogen and oxygen atoms in total. The average Bonchev–Trinajstić information content (AvgIpc) is 2.45. The molecule has 2 aromatic rings. The lowest BCUT2D eigenvalue weighted by Crippen LogP contribution is -2.02. The van der Waals surface area contributed by atoms with Crippen molar-refractivity contribution in [1.82, 2.24) is 9.97 Å². The molecule has 0 radical (unpaired) electrons. The smallest absolute Gasteiger partial charge is 0.355 e. The summed E-state index contributed by atoms with van der Waals surface area (Å²) in [5, 5.41) is 18.0. The quantitative estimate of drug-likeness (QED) is 0.813. The highest BCUT2D eigenvalue weighted by Gasteiger charge is 2.15. The first-order valence-corrected chi connectivity index (χ1v) is 7.45. The van der Waals surface area contributed by atoms with Crippen LogP contribution in [0.1, 0.15) is 21.0 Å². The van der Waals surface area contributed by atoms with Gasteiger partial charge in [-0.05, 0) is 45.9 Å². The van der Waals surface area contributed by atoms with Gasteiger partial charge in [0, 0.05) is 12.4 Å². The lowest BCUT2D eigenvalue weighted by atomic mass is 10.3. The van der Waals surface area contributed by atoms with Crippen LogP contribution in [0.3, 0.4) is 0 Å². The molecule has 0 saturated heterocycles. The first-order chi connectivity index (χ1) is 9.59. The zero-order valence-corrected chi connectivity index (χ0v) is 11.5. The van der Waals surface area contributed by atoms with E-state index in [2.05, 4.69) is 9.97 Å². The number of carboxylic acids is 2. The van der Waals surface area contributed by atoms with E-state index in [9.17, 15) is 9.59 Å². The first kappa shape index (κ1) is 14.4. The van der Waals surface area contributed by atoms with E-state index in [0.29, 0.717) is 9.79 Å². The summed E-state index contributed by atoms with van der Waals surface area (Å²) in [5.74, 6) is -2.25. The minimum Gasteiger partial charge on any atom is -0.476 e. The molecule has 0 saturated carbocycles. The Morgan fingerprint density at radius 1 is 0.850 bits per heavy atom. The Labute approximate surface area is 121 Å². The Hall–Kier alpha value is -2.06. The molecular formula is C12H8N2O4S2. The fraction of sp³-hybridized carbons (Fsp3) is 0. The molecule has 0 unspecified atom stereocenters. The third-order valence-electron chi connectivity index (χ3n) is 2.17. The third kappa shape index (κ3) is 3.28. The Bertz CT molecular complexity index is 606. The number of rotatable bonds is 5. The van der Waals surface area contributed by atoms with Crippen LogP contribution in [-0.2, 0) is 0 Å². The van der Waals surface area contributed by atoms with Crippen LogP contribution in [-0.4, -0.2) is 32.1 Å². The van der Waals surface area contributed by atoms with Gasteiger partial charge >= 0.3 is 11.9 Å². The highest BCUT2D eigenvalue weighted by molar-refractivity contribution is 8.76. The van der Waals surface area contributed by atoms with Crippen LogP contribution in [0.5, 0.6) is 0 Å². The normalized spacial score (nSPS) is 10.2. The van der Waals surface area contributed by atoms with Gasteiger partial charge in [0.15, 0.2) is 11.4 Å². The second-order valence-electron chi connectivity index (χ2n) is 3.48. The van der Waals surface area contributed by atoms with Crippen molar-refractivity contribution in [2.45, 2.75) is 9.79 Å². The van der Waals surface area contributed by atoms with E-state index < -0.39 is 11.9 Å². The van der Waals surface area contributed by atoms with Crippen LogP contribution in [0.4, 0.5) is 0 Å². The highest BCUT2D eigenvalue weighted by Crippen LogP contribution is 2.39. The summed E-state index contributed by atoms with van der Waals surface area (Å²) in [6.07, 6.45) is 2.79. The summed E-state index contributed by atoms with van der Waals surface area (Å²) in [7, 11) is 2.26. The Kier molecular flexibility index (Phi) is 4.59. The molecule has 102 valence electrons. The molecule has 0 aromatic carbocycles. The second-order valence-corrected chi connectivity index (χ2v) is 5.69. The molecule has 0 fully saturated rings.